The number of hydrogen-bond acceptors (Lipinski definition) is 2. The number of rotatable bonds is 2. The quantitative estimate of drug-likeness (QED) is 0.811. The van der Waals surface area contributed by atoms with Crippen LogP contribution in [0, 0.1) is 13.8 Å². The van der Waals surface area contributed by atoms with Gasteiger partial charge in [0.15, 0.2) is 0 Å². The predicted octanol–water partition coefficient (Wildman–Crippen LogP) is 3.06. The lowest BCUT2D eigenvalue weighted by Gasteiger charge is -2.05. The Kier molecular flexibility index (Phi) is 2.60. The first-order chi connectivity index (χ1) is 7.20. The van der Waals surface area contributed by atoms with E-state index in [1.165, 1.54) is 0 Å². The molecule has 1 heterocycles. The molecule has 2 rings (SSSR count). The van der Waals surface area contributed by atoms with Crippen molar-refractivity contribution in [3.63, 3.8) is 0 Å². The molecule has 2 aromatic rings. The van der Waals surface area contributed by atoms with Crippen molar-refractivity contribution in [2.45, 2.75) is 20.5 Å². The minimum absolute atomic E-state index is 0.0385. The van der Waals surface area contributed by atoms with E-state index in [0.29, 0.717) is 0 Å². The summed E-state index contributed by atoms with van der Waals surface area (Å²) in [5.74, 6) is 1.70. The fourth-order valence-corrected chi connectivity index (χ4v) is 1.67. The molecule has 0 amide bonds. The van der Waals surface area contributed by atoms with Crippen molar-refractivity contribution in [2.24, 2.45) is 0 Å². The molecular weight excluding hydrogens is 188 g/mol. The highest BCUT2D eigenvalue weighted by Crippen LogP contribution is 2.26. The van der Waals surface area contributed by atoms with E-state index in [4.69, 9.17) is 4.42 Å². The summed E-state index contributed by atoms with van der Waals surface area (Å²) in [5.41, 5.74) is 3.02. The van der Waals surface area contributed by atoms with Gasteiger partial charge in [0.25, 0.3) is 0 Å². The van der Waals surface area contributed by atoms with Crippen LogP contribution in [0.5, 0.6) is 0 Å². The van der Waals surface area contributed by atoms with E-state index in [2.05, 4.69) is 0 Å². The second-order valence-corrected chi connectivity index (χ2v) is 3.73. The minimum atomic E-state index is 0.0385. The Bertz CT molecular complexity index is 469. The lowest BCUT2D eigenvalue weighted by Crippen LogP contribution is -1.89. The second-order valence-electron chi connectivity index (χ2n) is 3.73. The molecule has 0 aliphatic rings. The van der Waals surface area contributed by atoms with Gasteiger partial charge in [-0.25, -0.2) is 0 Å². The normalized spacial score (nSPS) is 10.6. The summed E-state index contributed by atoms with van der Waals surface area (Å²) in [6.07, 6.45) is 0. The van der Waals surface area contributed by atoms with Crippen LogP contribution in [0.1, 0.15) is 16.9 Å². The Balaban J connectivity index is 2.52. The van der Waals surface area contributed by atoms with Crippen molar-refractivity contribution in [1.82, 2.24) is 0 Å². The third-order valence-electron chi connectivity index (χ3n) is 2.44. The fourth-order valence-electron chi connectivity index (χ4n) is 1.67. The van der Waals surface area contributed by atoms with Crippen LogP contribution in [0.25, 0.3) is 11.3 Å². The van der Waals surface area contributed by atoms with Crippen molar-refractivity contribution in [3.05, 3.63) is 47.2 Å². The fraction of sp³-hybridized carbons (Fsp3) is 0.231. The van der Waals surface area contributed by atoms with Gasteiger partial charge in [0, 0.05) is 5.56 Å². The van der Waals surface area contributed by atoms with E-state index in [1.807, 2.05) is 44.2 Å². The maximum atomic E-state index is 9.27. The summed E-state index contributed by atoms with van der Waals surface area (Å²) < 4.78 is 5.54. The van der Waals surface area contributed by atoms with Crippen LogP contribution in [0.2, 0.25) is 0 Å². The molecule has 2 nitrogen and oxygen atoms in total. The number of benzene rings is 1. The number of aliphatic hydroxyl groups is 1. The van der Waals surface area contributed by atoms with Crippen molar-refractivity contribution >= 4 is 0 Å². The minimum Gasteiger partial charge on any atom is -0.461 e. The molecule has 1 aromatic heterocycles. The molecule has 1 N–H and O–H groups in total. The van der Waals surface area contributed by atoms with Gasteiger partial charge in [-0.2, -0.15) is 0 Å². The monoisotopic (exact) mass is 202 g/mol. The largest absolute Gasteiger partial charge is 0.461 e. The van der Waals surface area contributed by atoms with Crippen LogP contribution in [0.3, 0.4) is 0 Å². The van der Waals surface area contributed by atoms with Gasteiger partial charge in [-0.1, -0.05) is 23.8 Å². The molecule has 15 heavy (non-hydrogen) atoms. The molecule has 0 saturated carbocycles. The van der Waals surface area contributed by atoms with Crippen molar-refractivity contribution in [3.8, 4) is 11.3 Å². The van der Waals surface area contributed by atoms with Gasteiger partial charge < -0.3 is 9.52 Å². The van der Waals surface area contributed by atoms with Crippen LogP contribution in [-0.2, 0) is 6.61 Å². The maximum absolute atomic E-state index is 9.27. The van der Waals surface area contributed by atoms with Crippen molar-refractivity contribution in [1.29, 1.82) is 0 Å². The predicted molar refractivity (Wildman–Crippen MR) is 59.5 cm³/mol. The zero-order chi connectivity index (χ0) is 10.8. The van der Waals surface area contributed by atoms with Crippen LogP contribution in [0.4, 0.5) is 0 Å². The lowest BCUT2D eigenvalue weighted by atomic mass is 10.0. The van der Waals surface area contributed by atoms with E-state index < -0.39 is 0 Å². The molecule has 78 valence electrons. The van der Waals surface area contributed by atoms with E-state index in [9.17, 15) is 5.11 Å². The third kappa shape index (κ3) is 1.95. The van der Waals surface area contributed by atoms with Crippen LogP contribution >= 0.6 is 0 Å². The van der Waals surface area contributed by atoms with Crippen LogP contribution < -0.4 is 0 Å². The van der Waals surface area contributed by atoms with E-state index in [-0.39, 0.29) is 6.61 Å². The molecule has 0 saturated heterocycles. The molecule has 0 aliphatic heterocycles. The van der Waals surface area contributed by atoms with E-state index >= 15 is 0 Å². The molecule has 2 heteroatoms. The highest BCUT2D eigenvalue weighted by molar-refractivity contribution is 5.62. The van der Waals surface area contributed by atoms with Gasteiger partial charge in [-0.3, -0.25) is 0 Å². The standard InChI is InChI=1S/C13H14O2/c1-9-3-5-12(11(7-9)8-14)13-6-4-10(2)15-13/h3-7,14H,8H2,1-2H3. The molecule has 0 radical (unpaired) electrons. The Labute approximate surface area is 89.2 Å². The lowest BCUT2D eigenvalue weighted by molar-refractivity contribution is 0.282. The number of furan rings is 1. The zero-order valence-corrected chi connectivity index (χ0v) is 8.95. The molecule has 1 aromatic carbocycles. The highest BCUT2D eigenvalue weighted by atomic mass is 16.3. The summed E-state index contributed by atoms with van der Waals surface area (Å²) in [4.78, 5) is 0. The molecule has 0 aliphatic carbocycles. The Morgan fingerprint density at radius 2 is 1.93 bits per heavy atom. The Morgan fingerprint density at radius 1 is 1.13 bits per heavy atom. The van der Waals surface area contributed by atoms with E-state index in [1.54, 1.807) is 0 Å². The van der Waals surface area contributed by atoms with Gasteiger partial charge in [0.1, 0.15) is 11.5 Å². The SMILES string of the molecule is Cc1ccc(-c2ccc(C)o2)c(CO)c1. The Hall–Kier alpha value is -1.54. The molecule has 0 spiro atoms. The summed E-state index contributed by atoms with van der Waals surface area (Å²) in [7, 11) is 0. The number of hydrogen-bond donors (Lipinski definition) is 1. The molecule has 0 atom stereocenters. The van der Waals surface area contributed by atoms with Crippen molar-refractivity contribution in [2.75, 3.05) is 0 Å². The van der Waals surface area contributed by atoms with Crippen LogP contribution in [-0.4, -0.2) is 5.11 Å². The number of aryl methyl sites for hydroxylation is 2. The smallest absolute Gasteiger partial charge is 0.134 e. The summed E-state index contributed by atoms with van der Waals surface area (Å²) in [6, 6.07) is 9.84. The molecule has 0 fully saturated rings. The summed E-state index contributed by atoms with van der Waals surface area (Å²) in [6.45, 7) is 3.96. The maximum Gasteiger partial charge on any atom is 0.134 e. The topological polar surface area (TPSA) is 33.4 Å². The second kappa shape index (κ2) is 3.91. The zero-order valence-electron chi connectivity index (χ0n) is 8.95. The molecule has 0 unspecified atom stereocenters. The highest BCUT2D eigenvalue weighted by Gasteiger charge is 2.07. The van der Waals surface area contributed by atoms with Crippen molar-refractivity contribution < 1.29 is 9.52 Å². The van der Waals surface area contributed by atoms with Crippen LogP contribution in [0.15, 0.2) is 34.7 Å². The Morgan fingerprint density at radius 3 is 2.53 bits per heavy atom. The molecule has 0 bridgehead atoms. The van der Waals surface area contributed by atoms with Gasteiger partial charge >= 0.3 is 0 Å². The van der Waals surface area contributed by atoms with E-state index in [0.717, 1.165) is 28.2 Å². The third-order valence-corrected chi connectivity index (χ3v) is 2.44. The average molecular weight is 202 g/mol. The van der Waals surface area contributed by atoms with Gasteiger partial charge in [0.05, 0.1) is 6.61 Å². The first kappa shape index (κ1) is 9.99. The summed E-state index contributed by atoms with van der Waals surface area (Å²) in [5, 5.41) is 9.27. The number of aliphatic hydroxyl groups excluding tert-OH is 1. The first-order valence-corrected chi connectivity index (χ1v) is 4.98. The molecular formula is C13H14O2. The van der Waals surface area contributed by atoms with Gasteiger partial charge in [-0.05, 0) is 31.5 Å². The van der Waals surface area contributed by atoms with Gasteiger partial charge in [-0.15, -0.1) is 0 Å². The summed E-state index contributed by atoms with van der Waals surface area (Å²) >= 11 is 0. The average Bonchev–Trinajstić information content (AvgIpc) is 2.64. The first-order valence-electron chi connectivity index (χ1n) is 4.98. The van der Waals surface area contributed by atoms with Gasteiger partial charge in [0.2, 0.25) is 0 Å².